The van der Waals surface area contributed by atoms with Crippen LogP contribution in [-0.2, 0) is 0 Å². The Morgan fingerprint density at radius 1 is 1.28 bits per heavy atom. The SMILES string of the molecule is Cc1csc2ncnc(NCC3CCCCC3)c12. The summed E-state index contributed by atoms with van der Waals surface area (Å²) in [5, 5.41) is 6.90. The standard InChI is InChI=1S/C14H19N3S/c1-10-8-18-14-12(10)13(16-9-17-14)15-7-11-5-3-2-4-6-11/h8-9,11H,2-7H2,1H3,(H,15,16,17). The van der Waals surface area contributed by atoms with Gasteiger partial charge in [0.05, 0.1) is 5.39 Å². The molecule has 1 fully saturated rings. The molecule has 2 heterocycles. The molecule has 1 saturated carbocycles. The molecule has 0 spiro atoms. The third kappa shape index (κ3) is 2.34. The molecule has 2 aromatic heterocycles. The Bertz CT molecular complexity index is 529. The molecule has 96 valence electrons. The van der Waals surface area contributed by atoms with Crippen molar-refractivity contribution in [2.75, 3.05) is 11.9 Å². The third-order valence-electron chi connectivity index (χ3n) is 3.84. The summed E-state index contributed by atoms with van der Waals surface area (Å²) in [6.45, 7) is 3.19. The number of rotatable bonds is 3. The van der Waals surface area contributed by atoms with Crippen molar-refractivity contribution in [3.05, 3.63) is 17.3 Å². The molecule has 0 unspecified atom stereocenters. The molecule has 0 bridgehead atoms. The van der Waals surface area contributed by atoms with Gasteiger partial charge in [0.2, 0.25) is 0 Å². The second-order valence-corrected chi connectivity index (χ2v) is 6.06. The summed E-state index contributed by atoms with van der Waals surface area (Å²) in [6, 6.07) is 0. The van der Waals surface area contributed by atoms with Crippen molar-refractivity contribution in [1.82, 2.24) is 9.97 Å². The van der Waals surface area contributed by atoms with Gasteiger partial charge >= 0.3 is 0 Å². The second kappa shape index (κ2) is 5.22. The number of nitrogens with one attached hydrogen (secondary N) is 1. The molecule has 0 aliphatic heterocycles. The topological polar surface area (TPSA) is 37.8 Å². The number of aromatic nitrogens is 2. The van der Waals surface area contributed by atoms with Crippen LogP contribution in [-0.4, -0.2) is 16.5 Å². The summed E-state index contributed by atoms with van der Waals surface area (Å²) in [7, 11) is 0. The quantitative estimate of drug-likeness (QED) is 0.907. The first kappa shape index (κ1) is 11.9. The van der Waals surface area contributed by atoms with Gasteiger partial charge in [0.25, 0.3) is 0 Å². The van der Waals surface area contributed by atoms with E-state index in [0.717, 1.165) is 23.1 Å². The predicted octanol–water partition coefficient (Wildman–Crippen LogP) is 3.99. The van der Waals surface area contributed by atoms with Crippen LogP contribution in [0.1, 0.15) is 37.7 Å². The van der Waals surface area contributed by atoms with Crippen LogP contribution in [0.2, 0.25) is 0 Å². The van der Waals surface area contributed by atoms with Gasteiger partial charge < -0.3 is 5.32 Å². The van der Waals surface area contributed by atoms with Crippen molar-refractivity contribution in [3.8, 4) is 0 Å². The molecule has 4 heteroatoms. The van der Waals surface area contributed by atoms with Crippen molar-refractivity contribution in [3.63, 3.8) is 0 Å². The Hall–Kier alpha value is -1.16. The molecule has 0 atom stereocenters. The zero-order chi connectivity index (χ0) is 12.4. The lowest BCUT2D eigenvalue weighted by molar-refractivity contribution is 0.373. The number of hydrogen-bond donors (Lipinski definition) is 1. The Morgan fingerprint density at radius 2 is 2.11 bits per heavy atom. The fourth-order valence-corrected chi connectivity index (χ4v) is 3.67. The van der Waals surface area contributed by atoms with E-state index < -0.39 is 0 Å². The third-order valence-corrected chi connectivity index (χ3v) is 4.84. The lowest BCUT2D eigenvalue weighted by Gasteiger charge is -2.22. The molecule has 18 heavy (non-hydrogen) atoms. The van der Waals surface area contributed by atoms with E-state index in [1.54, 1.807) is 17.7 Å². The van der Waals surface area contributed by atoms with Gasteiger partial charge in [0.1, 0.15) is 17.0 Å². The minimum atomic E-state index is 0.822. The molecule has 2 aromatic rings. The van der Waals surface area contributed by atoms with Gasteiger partial charge in [-0.3, -0.25) is 0 Å². The van der Waals surface area contributed by atoms with Crippen LogP contribution in [0.4, 0.5) is 5.82 Å². The maximum atomic E-state index is 4.41. The second-order valence-electron chi connectivity index (χ2n) is 5.21. The first-order valence-corrected chi connectivity index (χ1v) is 7.65. The highest BCUT2D eigenvalue weighted by molar-refractivity contribution is 7.17. The molecule has 3 rings (SSSR count). The number of thiophene rings is 1. The molecule has 0 radical (unpaired) electrons. The van der Waals surface area contributed by atoms with E-state index in [-0.39, 0.29) is 0 Å². The summed E-state index contributed by atoms with van der Waals surface area (Å²) < 4.78 is 0. The van der Waals surface area contributed by atoms with Gasteiger partial charge in [0, 0.05) is 6.54 Å². The van der Waals surface area contributed by atoms with Crippen LogP contribution in [0.25, 0.3) is 10.2 Å². The molecular formula is C14H19N3S. The number of aryl methyl sites for hydroxylation is 1. The maximum Gasteiger partial charge on any atom is 0.138 e. The summed E-state index contributed by atoms with van der Waals surface area (Å²) in [6.07, 6.45) is 8.60. The zero-order valence-electron chi connectivity index (χ0n) is 10.8. The van der Waals surface area contributed by atoms with Gasteiger partial charge in [-0.25, -0.2) is 9.97 Å². The Labute approximate surface area is 112 Å². The average Bonchev–Trinajstić information content (AvgIpc) is 2.80. The lowest BCUT2D eigenvalue weighted by atomic mass is 9.89. The van der Waals surface area contributed by atoms with Crippen molar-refractivity contribution in [2.45, 2.75) is 39.0 Å². The maximum absolute atomic E-state index is 4.41. The van der Waals surface area contributed by atoms with Gasteiger partial charge in [0.15, 0.2) is 0 Å². The fourth-order valence-electron chi connectivity index (χ4n) is 2.78. The molecule has 1 aliphatic carbocycles. The van der Waals surface area contributed by atoms with Crippen LogP contribution in [0.5, 0.6) is 0 Å². The van der Waals surface area contributed by atoms with E-state index in [2.05, 4.69) is 27.6 Å². The highest BCUT2D eigenvalue weighted by Gasteiger charge is 2.14. The minimum Gasteiger partial charge on any atom is -0.369 e. The van der Waals surface area contributed by atoms with Gasteiger partial charge in [-0.2, -0.15) is 0 Å². The van der Waals surface area contributed by atoms with E-state index in [0.29, 0.717) is 0 Å². The van der Waals surface area contributed by atoms with Gasteiger partial charge in [-0.05, 0) is 36.6 Å². The number of fused-ring (bicyclic) bond motifs is 1. The highest BCUT2D eigenvalue weighted by atomic mass is 32.1. The first-order valence-electron chi connectivity index (χ1n) is 6.77. The summed E-state index contributed by atoms with van der Waals surface area (Å²) in [5.74, 6) is 1.84. The van der Waals surface area contributed by atoms with Crippen LogP contribution in [0.15, 0.2) is 11.7 Å². The van der Waals surface area contributed by atoms with Crippen molar-refractivity contribution in [1.29, 1.82) is 0 Å². The summed E-state index contributed by atoms with van der Waals surface area (Å²) in [5.41, 5.74) is 1.28. The van der Waals surface area contributed by atoms with Crippen molar-refractivity contribution >= 4 is 27.4 Å². The van der Waals surface area contributed by atoms with Crippen LogP contribution in [0, 0.1) is 12.8 Å². The first-order chi connectivity index (χ1) is 8.84. The van der Waals surface area contributed by atoms with Crippen LogP contribution < -0.4 is 5.32 Å². The van der Waals surface area contributed by atoms with E-state index in [1.807, 2.05) is 0 Å². The van der Waals surface area contributed by atoms with Crippen LogP contribution >= 0.6 is 11.3 Å². The average molecular weight is 261 g/mol. The summed E-state index contributed by atoms with van der Waals surface area (Å²) >= 11 is 1.70. The van der Waals surface area contributed by atoms with E-state index in [1.165, 1.54) is 43.1 Å². The highest BCUT2D eigenvalue weighted by Crippen LogP contribution is 2.29. The molecule has 0 saturated heterocycles. The molecule has 0 aromatic carbocycles. The minimum absolute atomic E-state index is 0.822. The molecule has 1 N–H and O–H groups in total. The Kier molecular flexibility index (Phi) is 3.46. The molecule has 0 amide bonds. The van der Waals surface area contributed by atoms with E-state index >= 15 is 0 Å². The molecule has 1 aliphatic rings. The Balaban J connectivity index is 1.75. The number of anilines is 1. The number of hydrogen-bond acceptors (Lipinski definition) is 4. The zero-order valence-corrected chi connectivity index (χ0v) is 11.6. The van der Waals surface area contributed by atoms with Crippen molar-refractivity contribution in [2.24, 2.45) is 5.92 Å². The van der Waals surface area contributed by atoms with E-state index in [4.69, 9.17) is 0 Å². The number of nitrogens with zero attached hydrogens (tertiary/aromatic N) is 2. The normalized spacial score (nSPS) is 17.2. The largest absolute Gasteiger partial charge is 0.369 e. The van der Waals surface area contributed by atoms with Gasteiger partial charge in [-0.15, -0.1) is 11.3 Å². The molecule has 3 nitrogen and oxygen atoms in total. The summed E-state index contributed by atoms with van der Waals surface area (Å²) in [4.78, 5) is 9.82. The van der Waals surface area contributed by atoms with Crippen molar-refractivity contribution < 1.29 is 0 Å². The predicted molar refractivity (Wildman–Crippen MR) is 77.2 cm³/mol. The monoisotopic (exact) mass is 261 g/mol. The fraction of sp³-hybridized carbons (Fsp3) is 0.571. The van der Waals surface area contributed by atoms with Crippen LogP contribution in [0.3, 0.4) is 0 Å². The smallest absolute Gasteiger partial charge is 0.138 e. The van der Waals surface area contributed by atoms with Gasteiger partial charge in [-0.1, -0.05) is 19.3 Å². The molecular weight excluding hydrogens is 242 g/mol. The lowest BCUT2D eigenvalue weighted by Crippen LogP contribution is -2.17. The van der Waals surface area contributed by atoms with E-state index in [9.17, 15) is 0 Å². The Morgan fingerprint density at radius 3 is 2.94 bits per heavy atom.